The number of carbonyl (C=O) groups is 1. The lowest BCUT2D eigenvalue weighted by Crippen LogP contribution is -2.32. The second-order valence-electron chi connectivity index (χ2n) is 5.11. The van der Waals surface area contributed by atoms with Crippen molar-refractivity contribution < 1.29 is 19.0 Å². The molecule has 6 nitrogen and oxygen atoms in total. The molecule has 2 rings (SSSR count). The quantitative estimate of drug-likeness (QED) is 0.765. The molecule has 128 valence electrons. The minimum atomic E-state index is -0.327. The first-order valence-electron chi connectivity index (χ1n) is 7.58. The van der Waals surface area contributed by atoms with Crippen LogP contribution in [0.1, 0.15) is 5.56 Å². The van der Waals surface area contributed by atoms with E-state index in [2.05, 4.69) is 10.6 Å². The zero-order chi connectivity index (χ0) is 17.4. The predicted molar refractivity (Wildman–Crippen MR) is 93.2 cm³/mol. The average molecular weight is 330 g/mol. The van der Waals surface area contributed by atoms with Crippen molar-refractivity contribution in [2.24, 2.45) is 0 Å². The van der Waals surface area contributed by atoms with E-state index >= 15 is 0 Å². The zero-order valence-corrected chi connectivity index (χ0v) is 14.1. The SMILES string of the molecule is COc1ccc(NC(=O)NCCOc2cccc(C)c2)c(OC)c1. The molecular weight excluding hydrogens is 308 g/mol. The first-order chi connectivity index (χ1) is 11.6. The fourth-order valence-corrected chi connectivity index (χ4v) is 2.11. The lowest BCUT2D eigenvalue weighted by Gasteiger charge is -2.12. The van der Waals surface area contributed by atoms with Crippen LogP contribution in [0.5, 0.6) is 17.2 Å². The molecule has 2 N–H and O–H groups in total. The third kappa shape index (κ3) is 5.08. The van der Waals surface area contributed by atoms with Gasteiger partial charge in [-0.05, 0) is 36.8 Å². The van der Waals surface area contributed by atoms with Gasteiger partial charge in [0.05, 0.1) is 26.5 Å². The molecule has 6 heteroatoms. The van der Waals surface area contributed by atoms with Crippen molar-refractivity contribution in [1.82, 2.24) is 5.32 Å². The summed E-state index contributed by atoms with van der Waals surface area (Å²) >= 11 is 0. The number of methoxy groups -OCH3 is 2. The summed E-state index contributed by atoms with van der Waals surface area (Å²) in [6.45, 7) is 2.77. The van der Waals surface area contributed by atoms with Crippen LogP contribution in [-0.2, 0) is 0 Å². The minimum Gasteiger partial charge on any atom is -0.497 e. The Kier molecular flexibility index (Phi) is 6.31. The van der Waals surface area contributed by atoms with Crippen LogP contribution in [0.3, 0.4) is 0 Å². The lowest BCUT2D eigenvalue weighted by molar-refractivity contribution is 0.247. The Balaban J connectivity index is 1.79. The fourth-order valence-electron chi connectivity index (χ4n) is 2.11. The Morgan fingerprint density at radius 1 is 1.04 bits per heavy atom. The molecule has 0 aliphatic rings. The Bertz CT molecular complexity index is 688. The molecular formula is C18H22N2O4. The predicted octanol–water partition coefficient (Wildman–Crippen LogP) is 3.21. The summed E-state index contributed by atoms with van der Waals surface area (Å²) in [5.74, 6) is 1.97. The number of ether oxygens (including phenoxy) is 3. The largest absolute Gasteiger partial charge is 0.497 e. The standard InChI is InChI=1S/C18H22N2O4/c1-13-5-4-6-15(11-13)24-10-9-19-18(21)20-16-8-7-14(22-2)12-17(16)23-3/h4-8,11-12H,9-10H2,1-3H3,(H2,19,20,21). The number of rotatable bonds is 7. The number of amides is 2. The van der Waals surface area contributed by atoms with Gasteiger partial charge in [0.2, 0.25) is 0 Å². The summed E-state index contributed by atoms with van der Waals surface area (Å²) in [5, 5.41) is 5.47. The van der Waals surface area contributed by atoms with Gasteiger partial charge in [0.15, 0.2) is 0 Å². The molecule has 0 radical (unpaired) electrons. The van der Waals surface area contributed by atoms with Crippen LogP contribution in [0, 0.1) is 6.92 Å². The van der Waals surface area contributed by atoms with Gasteiger partial charge >= 0.3 is 6.03 Å². The number of aryl methyl sites for hydroxylation is 1. The molecule has 0 spiro atoms. The molecule has 2 aromatic carbocycles. The summed E-state index contributed by atoms with van der Waals surface area (Å²) in [6, 6.07) is 12.6. The molecule has 0 heterocycles. The first kappa shape index (κ1) is 17.5. The summed E-state index contributed by atoms with van der Waals surface area (Å²) in [7, 11) is 3.11. The van der Waals surface area contributed by atoms with E-state index in [-0.39, 0.29) is 6.03 Å². The van der Waals surface area contributed by atoms with Crippen LogP contribution in [-0.4, -0.2) is 33.4 Å². The van der Waals surface area contributed by atoms with E-state index in [1.54, 1.807) is 25.3 Å². The van der Waals surface area contributed by atoms with Crippen LogP contribution in [0.2, 0.25) is 0 Å². The second-order valence-corrected chi connectivity index (χ2v) is 5.11. The van der Waals surface area contributed by atoms with Crippen molar-refractivity contribution in [1.29, 1.82) is 0 Å². The van der Waals surface area contributed by atoms with Gasteiger partial charge in [-0.15, -0.1) is 0 Å². The number of urea groups is 1. The Morgan fingerprint density at radius 3 is 2.58 bits per heavy atom. The van der Waals surface area contributed by atoms with Crippen molar-refractivity contribution in [3.63, 3.8) is 0 Å². The van der Waals surface area contributed by atoms with E-state index < -0.39 is 0 Å². The van der Waals surface area contributed by atoms with Gasteiger partial charge in [0.25, 0.3) is 0 Å². The Morgan fingerprint density at radius 2 is 1.88 bits per heavy atom. The van der Waals surface area contributed by atoms with Crippen molar-refractivity contribution in [2.45, 2.75) is 6.92 Å². The lowest BCUT2D eigenvalue weighted by atomic mass is 10.2. The van der Waals surface area contributed by atoms with E-state index in [0.29, 0.717) is 30.3 Å². The van der Waals surface area contributed by atoms with Crippen LogP contribution >= 0.6 is 0 Å². The van der Waals surface area contributed by atoms with E-state index in [1.165, 1.54) is 7.11 Å². The third-order valence-electron chi connectivity index (χ3n) is 3.30. The molecule has 0 saturated heterocycles. The number of hydrogen-bond donors (Lipinski definition) is 2. The van der Waals surface area contributed by atoms with E-state index in [9.17, 15) is 4.79 Å². The van der Waals surface area contributed by atoms with Gasteiger partial charge < -0.3 is 24.8 Å². The highest BCUT2D eigenvalue weighted by Crippen LogP contribution is 2.28. The number of benzene rings is 2. The molecule has 0 aliphatic carbocycles. The highest BCUT2D eigenvalue weighted by Gasteiger charge is 2.08. The van der Waals surface area contributed by atoms with Gasteiger partial charge in [-0.1, -0.05) is 12.1 Å². The molecule has 0 unspecified atom stereocenters. The van der Waals surface area contributed by atoms with Gasteiger partial charge in [-0.2, -0.15) is 0 Å². The van der Waals surface area contributed by atoms with E-state index in [0.717, 1.165) is 11.3 Å². The van der Waals surface area contributed by atoms with Crippen LogP contribution in [0.4, 0.5) is 10.5 Å². The normalized spacial score (nSPS) is 9.96. The molecule has 0 bridgehead atoms. The van der Waals surface area contributed by atoms with Gasteiger partial charge in [-0.3, -0.25) is 0 Å². The minimum absolute atomic E-state index is 0.327. The monoisotopic (exact) mass is 330 g/mol. The molecule has 0 atom stereocenters. The average Bonchev–Trinajstić information content (AvgIpc) is 2.59. The third-order valence-corrected chi connectivity index (χ3v) is 3.30. The number of carbonyl (C=O) groups excluding carboxylic acids is 1. The van der Waals surface area contributed by atoms with E-state index in [1.807, 2.05) is 31.2 Å². The Hall–Kier alpha value is -2.89. The molecule has 0 aliphatic heterocycles. The van der Waals surface area contributed by atoms with Crippen molar-refractivity contribution in [3.05, 3.63) is 48.0 Å². The van der Waals surface area contributed by atoms with Crippen molar-refractivity contribution in [2.75, 3.05) is 32.7 Å². The smallest absolute Gasteiger partial charge is 0.319 e. The van der Waals surface area contributed by atoms with Crippen LogP contribution < -0.4 is 24.8 Å². The van der Waals surface area contributed by atoms with E-state index in [4.69, 9.17) is 14.2 Å². The van der Waals surface area contributed by atoms with Crippen molar-refractivity contribution in [3.8, 4) is 17.2 Å². The second kappa shape index (κ2) is 8.67. The zero-order valence-electron chi connectivity index (χ0n) is 14.1. The maximum atomic E-state index is 11.9. The Labute approximate surface area is 141 Å². The number of anilines is 1. The number of nitrogens with one attached hydrogen (secondary N) is 2. The maximum Gasteiger partial charge on any atom is 0.319 e. The highest BCUT2D eigenvalue weighted by molar-refractivity contribution is 5.91. The number of hydrogen-bond acceptors (Lipinski definition) is 4. The van der Waals surface area contributed by atoms with Gasteiger partial charge in [-0.25, -0.2) is 4.79 Å². The molecule has 2 amide bonds. The van der Waals surface area contributed by atoms with Crippen LogP contribution in [0.25, 0.3) is 0 Å². The van der Waals surface area contributed by atoms with Gasteiger partial charge in [0, 0.05) is 6.07 Å². The molecule has 2 aromatic rings. The molecule has 0 fully saturated rings. The highest BCUT2D eigenvalue weighted by atomic mass is 16.5. The molecule has 24 heavy (non-hydrogen) atoms. The molecule has 0 aromatic heterocycles. The van der Waals surface area contributed by atoms with Crippen LogP contribution in [0.15, 0.2) is 42.5 Å². The van der Waals surface area contributed by atoms with Crippen molar-refractivity contribution >= 4 is 11.7 Å². The summed E-state index contributed by atoms with van der Waals surface area (Å²) in [4.78, 5) is 11.9. The fraction of sp³-hybridized carbons (Fsp3) is 0.278. The first-order valence-corrected chi connectivity index (χ1v) is 7.58. The maximum absolute atomic E-state index is 11.9. The molecule has 0 saturated carbocycles. The summed E-state index contributed by atoms with van der Waals surface area (Å²) < 4.78 is 15.9. The van der Waals surface area contributed by atoms with Gasteiger partial charge in [0.1, 0.15) is 23.9 Å². The summed E-state index contributed by atoms with van der Waals surface area (Å²) in [5.41, 5.74) is 1.69. The summed E-state index contributed by atoms with van der Waals surface area (Å²) in [6.07, 6.45) is 0. The topological polar surface area (TPSA) is 68.8 Å².